The summed E-state index contributed by atoms with van der Waals surface area (Å²) < 4.78 is 1.80. The van der Waals surface area contributed by atoms with Crippen LogP contribution in [0.25, 0.3) is 16.6 Å². The van der Waals surface area contributed by atoms with E-state index in [0.29, 0.717) is 11.6 Å². The largest absolute Gasteiger partial charge is 0.311 e. The Balaban J connectivity index is 2.15. The van der Waals surface area contributed by atoms with E-state index in [9.17, 15) is 0 Å². The van der Waals surface area contributed by atoms with Crippen molar-refractivity contribution in [1.29, 1.82) is 0 Å². The highest BCUT2D eigenvalue weighted by molar-refractivity contribution is 6.35. The van der Waals surface area contributed by atoms with Gasteiger partial charge < -0.3 is 5.32 Å². The number of halogens is 1. The molecule has 0 atom stereocenters. The van der Waals surface area contributed by atoms with Crippen LogP contribution in [0.2, 0.25) is 5.02 Å². The van der Waals surface area contributed by atoms with Crippen molar-refractivity contribution >= 4 is 22.5 Å². The van der Waals surface area contributed by atoms with E-state index < -0.39 is 0 Å². The maximum absolute atomic E-state index is 6.22. The zero-order chi connectivity index (χ0) is 13.9. The van der Waals surface area contributed by atoms with Gasteiger partial charge in [0.2, 0.25) is 0 Å². The van der Waals surface area contributed by atoms with Crippen LogP contribution in [0.5, 0.6) is 0 Å². The molecule has 1 aromatic carbocycles. The van der Waals surface area contributed by atoms with Crippen molar-refractivity contribution in [3.8, 4) is 5.69 Å². The third-order valence-electron chi connectivity index (χ3n) is 3.10. The zero-order valence-corrected chi connectivity index (χ0v) is 11.8. The van der Waals surface area contributed by atoms with Crippen LogP contribution < -0.4 is 5.32 Å². The van der Waals surface area contributed by atoms with Gasteiger partial charge in [0, 0.05) is 18.1 Å². The molecular weight excluding hydrogens is 274 g/mol. The van der Waals surface area contributed by atoms with Crippen molar-refractivity contribution in [2.45, 2.75) is 13.5 Å². The molecule has 0 aliphatic heterocycles. The molecular formula is C14H14ClN5. The normalized spacial score (nSPS) is 11.1. The van der Waals surface area contributed by atoms with E-state index in [4.69, 9.17) is 11.6 Å². The molecule has 0 aliphatic carbocycles. The monoisotopic (exact) mass is 287 g/mol. The Hall–Kier alpha value is -1.98. The quantitative estimate of drug-likeness (QED) is 0.801. The Morgan fingerprint density at radius 3 is 3.05 bits per heavy atom. The molecule has 102 valence electrons. The summed E-state index contributed by atoms with van der Waals surface area (Å²) in [4.78, 5) is 4.43. The van der Waals surface area contributed by atoms with Gasteiger partial charge in [-0.1, -0.05) is 23.7 Å². The van der Waals surface area contributed by atoms with E-state index in [0.717, 1.165) is 28.8 Å². The van der Waals surface area contributed by atoms with Crippen LogP contribution in [0.1, 0.15) is 12.6 Å². The number of benzene rings is 1. The van der Waals surface area contributed by atoms with E-state index in [1.807, 2.05) is 24.3 Å². The third kappa shape index (κ3) is 2.26. The molecule has 5 nitrogen and oxygen atoms in total. The topological polar surface area (TPSA) is 55.6 Å². The summed E-state index contributed by atoms with van der Waals surface area (Å²) in [5.41, 5.74) is 2.69. The maximum Gasteiger partial charge on any atom is 0.0974 e. The smallest absolute Gasteiger partial charge is 0.0974 e. The van der Waals surface area contributed by atoms with Crippen LogP contribution in [0, 0.1) is 0 Å². The molecule has 2 heterocycles. The molecule has 0 bridgehead atoms. The molecule has 3 rings (SSSR count). The van der Waals surface area contributed by atoms with Crippen molar-refractivity contribution in [3.05, 3.63) is 47.4 Å². The Kier molecular flexibility index (Phi) is 3.62. The summed E-state index contributed by atoms with van der Waals surface area (Å²) in [6.07, 6.45) is 3.51. The van der Waals surface area contributed by atoms with Crippen LogP contribution in [-0.4, -0.2) is 26.5 Å². The SMILES string of the molecule is CCNCc1cnnn1-c1ccc(Cl)c2cccnc12. The van der Waals surface area contributed by atoms with Gasteiger partial charge in [0.25, 0.3) is 0 Å². The zero-order valence-electron chi connectivity index (χ0n) is 11.0. The molecule has 0 radical (unpaired) electrons. The third-order valence-corrected chi connectivity index (χ3v) is 3.43. The number of nitrogens with one attached hydrogen (secondary N) is 1. The molecule has 0 saturated heterocycles. The maximum atomic E-state index is 6.22. The van der Waals surface area contributed by atoms with Crippen LogP contribution in [-0.2, 0) is 6.54 Å². The van der Waals surface area contributed by atoms with Crippen LogP contribution in [0.3, 0.4) is 0 Å². The lowest BCUT2D eigenvalue weighted by Crippen LogP contribution is -2.15. The lowest BCUT2D eigenvalue weighted by molar-refractivity contribution is 0.673. The fourth-order valence-electron chi connectivity index (χ4n) is 2.13. The molecule has 2 aromatic heterocycles. The number of rotatable bonds is 4. The number of hydrogen-bond donors (Lipinski definition) is 1. The molecule has 0 saturated carbocycles. The van der Waals surface area contributed by atoms with E-state index in [2.05, 4.69) is 27.5 Å². The first-order valence-electron chi connectivity index (χ1n) is 6.45. The van der Waals surface area contributed by atoms with E-state index in [1.165, 1.54) is 0 Å². The molecule has 20 heavy (non-hydrogen) atoms. The van der Waals surface area contributed by atoms with Gasteiger partial charge in [-0.15, -0.1) is 5.10 Å². The Bertz CT molecular complexity index is 737. The number of hydrogen-bond acceptors (Lipinski definition) is 4. The molecule has 0 unspecified atom stereocenters. The minimum Gasteiger partial charge on any atom is -0.311 e. The highest BCUT2D eigenvalue weighted by Crippen LogP contribution is 2.27. The molecule has 3 aromatic rings. The number of fused-ring (bicyclic) bond motifs is 1. The molecule has 0 fully saturated rings. The van der Waals surface area contributed by atoms with Crippen molar-refractivity contribution in [3.63, 3.8) is 0 Å². The highest BCUT2D eigenvalue weighted by atomic mass is 35.5. The fraction of sp³-hybridized carbons (Fsp3) is 0.214. The predicted molar refractivity (Wildman–Crippen MR) is 79.1 cm³/mol. The molecule has 1 N–H and O–H groups in total. The Morgan fingerprint density at radius 1 is 1.30 bits per heavy atom. The van der Waals surface area contributed by atoms with Crippen LogP contribution in [0.15, 0.2) is 36.7 Å². The highest BCUT2D eigenvalue weighted by Gasteiger charge is 2.11. The average molecular weight is 288 g/mol. The van der Waals surface area contributed by atoms with E-state index >= 15 is 0 Å². The predicted octanol–water partition coefficient (Wildman–Crippen LogP) is 2.58. The van der Waals surface area contributed by atoms with Crippen molar-refractivity contribution in [2.75, 3.05) is 6.54 Å². The van der Waals surface area contributed by atoms with Gasteiger partial charge >= 0.3 is 0 Å². The summed E-state index contributed by atoms with van der Waals surface area (Å²) in [6.45, 7) is 3.67. The van der Waals surface area contributed by atoms with E-state index in [-0.39, 0.29) is 0 Å². The van der Waals surface area contributed by atoms with Crippen LogP contribution >= 0.6 is 11.6 Å². The van der Waals surface area contributed by atoms with Crippen LogP contribution in [0.4, 0.5) is 0 Å². The number of aromatic nitrogens is 4. The van der Waals surface area contributed by atoms with Gasteiger partial charge in [-0.05, 0) is 30.8 Å². The first kappa shape index (κ1) is 13.0. The second kappa shape index (κ2) is 5.56. The summed E-state index contributed by atoms with van der Waals surface area (Å²) in [6, 6.07) is 7.61. The van der Waals surface area contributed by atoms with Crippen molar-refractivity contribution in [1.82, 2.24) is 25.3 Å². The van der Waals surface area contributed by atoms with Crippen molar-refractivity contribution < 1.29 is 0 Å². The second-order valence-electron chi connectivity index (χ2n) is 4.38. The van der Waals surface area contributed by atoms with Gasteiger partial charge in [0.1, 0.15) is 0 Å². The fourth-order valence-corrected chi connectivity index (χ4v) is 2.34. The minimum absolute atomic E-state index is 0.685. The Morgan fingerprint density at radius 2 is 2.20 bits per heavy atom. The summed E-state index contributed by atoms with van der Waals surface area (Å²) in [5, 5.41) is 13.0. The van der Waals surface area contributed by atoms with Gasteiger partial charge in [0.05, 0.1) is 28.1 Å². The molecule has 0 amide bonds. The first-order valence-corrected chi connectivity index (χ1v) is 6.83. The standard InChI is InChI=1S/C14H14ClN5/c1-2-16-8-10-9-18-19-20(10)13-6-5-12(15)11-4-3-7-17-14(11)13/h3-7,9,16H,2,8H2,1H3. The summed E-state index contributed by atoms with van der Waals surface area (Å²) >= 11 is 6.22. The first-order chi connectivity index (χ1) is 9.81. The lowest BCUT2D eigenvalue weighted by Gasteiger charge is -2.09. The molecule has 0 aliphatic rings. The number of pyridine rings is 1. The molecule has 0 spiro atoms. The molecule has 6 heteroatoms. The number of nitrogens with zero attached hydrogens (tertiary/aromatic N) is 4. The minimum atomic E-state index is 0.685. The average Bonchev–Trinajstić information content (AvgIpc) is 2.94. The van der Waals surface area contributed by atoms with Crippen molar-refractivity contribution in [2.24, 2.45) is 0 Å². The second-order valence-corrected chi connectivity index (χ2v) is 4.79. The van der Waals surface area contributed by atoms with Gasteiger partial charge in [-0.3, -0.25) is 4.98 Å². The lowest BCUT2D eigenvalue weighted by atomic mass is 10.2. The van der Waals surface area contributed by atoms with Gasteiger partial charge in [0.15, 0.2) is 0 Å². The van der Waals surface area contributed by atoms with Gasteiger partial charge in [-0.2, -0.15) is 0 Å². The summed E-state index contributed by atoms with van der Waals surface area (Å²) in [5.74, 6) is 0. The van der Waals surface area contributed by atoms with Gasteiger partial charge in [-0.25, -0.2) is 4.68 Å². The van der Waals surface area contributed by atoms with E-state index in [1.54, 1.807) is 17.1 Å². The summed E-state index contributed by atoms with van der Waals surface area (Å²) in [7, 11) is 0. The Labute approximate surface area is 121 Å².